The third-order valence-electron chi connectivity index (χ3n) is 3.53. The minimum absolute atomic E-state index is 0.0465. The van der Waals surface area contributed by atoms with Crippen molar-refractivity contribution in [2.75, 3.05) is 19.0 Å². The van der Waals surface area contributed by atoms with E-state index in [-0.39, 0.29) is 12.6 Å². The van der Waals surface area contributed by atoms with Crippen molar-refractivity contribution in [3.63, 3.8) is 0 Å². The van der Waals surface area contributed by atoms with Gasteiger partial charge in [0, 0.05) is 9.92 Å². The molecule has 0 unspecified atom stereocenters. The molecule has 25 heavy (non-hydrogen) atoms. The number of halogens is 1. The maximum absolute atomic E-state index is 11.2. The second kappa shape index (κ2) is 11.1. The standard InChI is InChI=1S/C20H23ClO3S/c1-2-23-20(22)15-24-18-10-6-16(7-11-18)5-3-4-14-25-19-12-8-17(21)9-13-19/h6-13H,2-5,14-15H2,1H3. The van der Waals surface area contributed by atoms with Crippen molar-refractivity contribution in [1.29, 1.82) is 0 Å². The van der Waals surface area contributed by atoms with E-state index in [1.54, 1.807) is 6.92 Å². The largest absolute Gasteiger partial charge is 0.482 e. The van der Waals surface area contributed by atoms with Crippen LogP contribution in [0.1, 0.15) is 25.3 Å². The van der Waals surface area contributed by atoms with Crippen LogP contribution in [0, 0.1) is 0 Å². The van der Waals surface area contributed by atoms with Crippen molar-refractivity contribution >= 4 is 29.3 Å². The lowest BCUT2D eigenvalue weighted by atomic mass is 10.1. The summed E-state index contributed by atoms with van der Waals surface area (Å²) in [5, 5.41) is 0.777. The van der Waals surface area contributed by atoms with Crippen LogP contribution in [0.25, 0.3) is 0 Å². The number of esters is 1. The molecule has 0 aliphatic rings. The zero-order valence-corrected chi connectivity index (χ0v) is 15.9. The first-order chi connectivity index (χ1) is 12.2. The second-order valence-corrected chi connectivity index (χ2v) is 7.10. The average molecular weight is 379 g/mol. The number of hydrogen-bond acceptors (Lipinski definition) is 4. The van der Waals surface area contributed by atoms with E-state index in [9.17, 15) is 4.79 Å². The first kappa shape index (κ1) is 19.7. The summed E-state index contributed by atoms with van der Waals surface area (Å²) in [5.41, 5.74) is 1.28. The molecule has 3 nitrogen and oxygen atoms in total. The summed E-state index contributed by atoms with van der Waals surface area (Å²) in [5.74, 6) is 1.45. The molecule has 0 saturated heterocycles. The van der Waals surface area contributed by atoms with Crippen molar-refractivity contribution in [3.05, 3.63) is 59.1 Å². The van der Waals surface area contributed by atoms with Gasteiger partial charge in [0.15, 0.2) is 6.61 Å². The Labute approximate surface area is 158 Å². The Morgan fingerprint density at radius 2 is 1.76 bits per heavy atom. The Bertz CT molecular complexity index is 641. The van der Waals surface area contributed by atoms with E-state index in [4.69, 9.17) is 21.1 Å². The molecule has 0 aliphatic carbocycles. The van der Waals surface area contributed by atoms with Gasteiger partial charge in [-0.05, 0) is 73.9 Å². The van der Waals surface area contributed by atoms with Gasteiger partial charge in [0.25, 0.3) is 0 Å². The molecule has 0 radical (unpaired) electrons. The molecule has 0 fully saturated rings. The Morgan fingerprint density at radius 1 is 1.04 bits per heavy atom. The van der Waals surface area contributed by atoms with Gasteiger partial charge in [0.05, 0.1) is 6.61 Å². The maximum Gasteiger partial charge on any atom is 0.344 e. The first-order valence-corrected chi connectivity index (χ1v) is 9.79. The van der Waals surface area contributed by atoms with E-state index in [0.29, 0.717) is 12.4 Å². The first-order valence-electron chi connectivity index (χ1n) is 8.43. The fourth-order valence-electron chi connectivity index (χ4n) is 2.25. The van der Waals surface area contributed by atoms with E-state index in [1.165, 1.54) is 10.5 Å². The number of rotatable bonds is 10. The van der Waals surface area contributed by atoms with Crippen molar-refractivity contribution in [2.24, 2.45) is 0 Å². The zero-order valence-electron chi connectivity index (χ0n) is 14.4. The van der Waals surface area contributed by atoms with E-state index >= 15 is 0 Å². The number of ether oxygens (including phenoxy) is 2. The molecule has 0 amide bonds. The third kappa shape index (κ3) is 7.84. The Hall–Kier alpha value is -1.65. The van der Waals surface area contributed by atoms with Gasteiger partial charge < -0.3 is 9.47 Å². The lowest BCUT2D eigenvalue weighted by Crippen LogP contribution is -2.14. The van der Waals surface area contributed by atoms with Gasteiger partial charge in [-0.15, -0.1) is 11.8 Å². The van der Waals surface area contributed by atoms with Crippen molar-refractivity contribution < 1.29 is 14.3 Å². The number of carbonyl (C=O) groups excluding carboxylic acids is 1. The molecular formula is C20H23ClO3S. The van der Waals surface area contributed by atoms with Crippen molar-refractivity contribution in [1.82, 2.24) is 0 Å². The van der Waals surface area contributed by atoms with Gasteiger partial charge in [-0.1, -0.05) is 23.7 Å². The summed E-state index contributed by atoms with van der Waals surface area (Å²) in [6.07, 6.45) is 3.34. The number of thioether (sulfide) groups is 1. The maximum atomic E-state index is 11.2. The van der Waals surface area contributed by atoms with Crippen LogP contribution < -0.4 is 4.74 Å². The topological polar surface area (TPSA) is 35.5 Å². The highest BCUT2D eigenvalue weighted by atomic mass is 35.5. The number of carbonyl (C=O) groups is 1. The summed E-state index contributed by atoms with van der Waals surface area (Å²) in [6.45, 7) is 2.10. The van der Waals surface area contributed by atoms with E-state index < -0.39 is 0 Å². The van der Waals surface area contributed by atoms with Gasteiger partial charge in [-0.25, -0.2) is 4.79 Å². The van der Waals surface area contributed by atoms with Gasteiger partial charge >= 0.3 is 5.97 Å². The average Bonchev–Trinajstić information content (AvgIpc) is 2.62. The number of hydrogen-bond donors (Lipinski definition) is 0. The zero-order chi connectivity index (χ0) is 17.9. The van der Waals surface area contributed by atoms with Gasteiger partial charge in [-0.3, -0.25) is 0 Å². The van der Waals surface area contributed by atoms with Crippen molar-refractivity contribution in [2.45, 2.75) is 31.1 Å². The molecule has 0 aromatic heterocycles. The number of benzene rings is 2. The lowest BCUT2D eigenvalue weighted by molar-refractivity contribution is -0.145. The van der Waals surface area contributed by atoms with E-state index in [1.807, 2.05) is 48.2 Å². The highest BCUT2D eigenvalue weighted by molar-refractivity contribution is 7.99. The van der Waals surface area contributed by atoms with Crippen molar-refractivity contribution in [3.8, 4) is 5.75 Å². The smallest absolute Gasteiger partial charge is 0.344 e. The highest BCUT2D eigenvalue weighted by Crippen LogP contribution is 2.22. The molecule has 5 heteroatoms. The minimum Gasteiger partial charge on any atom is -0.482 e. The van der Waals surface area contributed by atoms with Gasteiger partial charge in [0.2, 0.25) is 0 Å². The summed E-state index contributed by atoms with van der Waals surface area (Å²) >= 11 is 7.74. The van der Waals surface area contributed by atoms with Crippen LogP contribution in [0.5, 0.6) is 5.75 Å². The molecule has 0 bridgehead atoms. The Balaban J connectivity index is 1.62. The normalized spacial score (nSPS) is 10.5. The van der Waals surface area contributed by atoms with Crippen LogP contribution >= 0.6 is 23.4 Å². The summed E-state index contributed by atoms with van der Waals surface area (Å²) < 4.78 is 10.2. The fourth-order valence-corrected chi connectivity index (χ4v) is 3.29. The molecule has 2 aromatic rings. The second-order valence-electron chi connectivity index (χ2n) is 5.50. The van der Waals surface area contributed by atoms with E-state index in [2.05, 4.69) is 12.1 Å². The van der Waals surface area contributed by atoms with Gasteiger partial charge in [-0.2, -0.15) is 0 Å². The predicted molar refractivity (Wildman–Crippen MR) is 104 cm³/mol. The number of unbranched alkanes of at least 4 members (excludes halogenated alkanes) is 1. The number of aryl methyl sites for hydroxylation is 1. The van der Waals surface area contributed by atoms with Crippen LogP contribution in [0.2, 0.25) is 5.02 Å². The molecule has 134 valence electrons. The monoisotopic (exact) mass is 378 g/mol. The molecule has 2 aromatic carbocycles. The van der Waals surface area contributed by atoms with Crippen LogP contribution in [0.4, 0.5) is 0 Å². The van der Waals surface area contributed by atoms with Gasteiger partial charge in [0.1, 0.15) is 5.75 Å². The molecular weight excluding hydrogens is 356 g/mol. The summed E-state index contributed by atoms with van der Waals surface area (Å²) in [4.78, 5) is 12.5. The predicted octanol–water partition coefficient (Wildman–Crippen LogP) is 5.40. The molecule has 0 atom stereocenters. The van der Waals surface area contributed by atoms with Crippen LogP contribution in [0.15, 0.2) is 53.4 Å². The van der Waals surface area contributed by atoms with E-state index in [0.717, 1.165) is 30.0 Å². The molecule has 0 N–H and O–H groups in total. The minimum atomic E-state index is -0.343. The Morgan fingerprint density at radius 3 is 2.44 bits per heavy atom. The third-order valence-corrected chi connectivity index (χ3v) is 4.88. The lowest BCUT2D eigenvalue weighted by Gasteiger charge is -2.07. The van der Waals surface area contributed by atoms with Crippen LogP contribution in [-0.2, 0) is 16.0 Å². The highest BCUT2D eigenvalue weighted by Gasteiger charge is 2.03. The SMILES string of the molecule is CCOC(=O)COc1ccc(CCCCSc2ccc(Cl)cc2)cc1. The van der Waals surface area contributed by atoms with Crippen LogP contribution in [-0.4, -0.2) is 24.9 Å². The van der Waals surface area contributed by atoms with Crippen LogP contribution in [0.3, 0.4) is 0 Å². The molecule has 0 spiro atoms. The Kier molecular flexibility index (Phi) is 8.70. The molecule has 0 saturated carbocycles. The molecule has 2 rings (SSSR count). The molecule has 0 heterocycles. The fraction of sp³-hybridized carbons (Fsp3) is 0.350. The quantitative estimate of drug-likeness (QED) is 0.315. The summed E-state index contributed by atoms with van der Waals surface area (Å²) in [7, 11) is 0. The molecule has 0 aliphatic heterocycles. The summed E-state index contributed by atoms with van der Waals surface area (Å²) in [6, 6.07) is 15.9.